The first-order valence-electron chi connectivity index (χ1n) is 8.56. The third-order valence-corrected chi connectivity index (χ3v) is 4.58. The Labute approximate surface area is 152 Å². The van der Waals surface area contributed by atoms with Gasteiger partial charge >= 0.3 is 0 Å². The number of allylic oxidation sites excluding steroid dienone is 1. The van der Waals surface area contributed by atoms with Gasteiger partial charge in [0.2, 0.25) is 5.91 Å². The zero-order chi connectivity index (χ0) is 18.5. The van der Waals surface area contributed by atoms with Crippen molar-refractivity contribution in [1.82, 2.24) is 4.90 Å². The second kappa shape index (κ2) is 8.04. The normalized spacial score (nSPS) is 16.4. The van der Waals surface area contributed by atoms with Crippen LogP contribution in [0.25, 0.3) is 0 Å². The molecular formula is C21H22FNO3. The Balaban J connectivity index is 1.84. The van der Waals surface area contributed by atoms with Crippen LogP contribution >= 0.6 is 0 Å². The highest BCUT2D eigenvalue weighted by atomic mass is 19.1. The number of hydrogen-bond acceptors (Lipinski definition) is 3. The number of ether oxygens (including phenoxy) is 2. The van der Waals surface area contributed by atoms with E-state index in [0.717, 1.165) is 24.0 Å². The molecule has 1 aliphatic rings. The number of methoxy groups -OCH3 is 2. The number of nitrogens with zero attached hydrogens (tertiary/aromatic N) is 1. The number of carbonyl (C=O) groups is 1. The minimum atomic E-state index is -0.279. The molecular weight excluding hydrogens is 333 g/mol. The fraction of sp³-hybridized carbons (Fsp3) is 0.286. The van der Waals surface area contributed by atoms with Crippen molar-refractivity contribution in [1.29, 1.82) is 0 Å². The standard InChI is InChI=1S/C21H22FNO3/c1-25-18-10-11-20(26-2)16(13-18)14-21(24)23-12-4-3-5-19(23)15-6-8-17(22)9-7-15/h4,6-13,19H,3,5,14H2,1-2H3. The van der Waals surface area contributed by atoms with Gasteiger partial charge in [0, 0.05) is 11.8 Å². The van der Waals surface area contributed by atoms with Crippen molar-refractivity contribution in [3.63, 3.8) is 0 Å². The number of rotatable bonds is 5. The van der Waals surface area contributed by atoms with Crippen LogP contribution in [0.1, 0.15) is 30.0 Å². The summed E-state index contributed by atoms with van der Waals surface area (Å²) in [4.78, 5) is 14.7. The van der Waals surface area contributed by atoms with E-state index in [9.17, 15) is 9.18 Å². The number of carbonyl (C=O) groups excluding carboxylic acids is 1. The molecule has 0 bridgehead atoms. The van der Waals surface area contributed by atoms with E-state index in [1.807, 2.05) is 18.3 Å². The molecule has 0 aromatic heterocycles. The summed E-state index contributed by atoms with van der Waals surface area (Å²) >= 11 is 0. The first kappa shape index (κ1) is 18.0. The van der Waals surface area contributed by atoms with Gasteiger partial charge in [0.05, 0.1) is 26.7 Å². The number of hydrogen-bond donors (Lipinski definition) is 0. The van der Waals surface area contributed by atoms with Gasteiger partial charge in [0.15, 0.2) is 0 Å². The monoisotopic (exact) mass is 355 g/mol. The molecule has 1 aliphatic heterocycles. The van der Waals surface area contributed by atoms with Gasteiger partial charge < -0.3 is 14.4 Å². The van der Waals surface area contributed by atoms with Crippen molar-refractivity contribution in [2.45, 2.75) is 25.3 Å². The second-order valence-corrected chi connectivity index (χ2v) is 6.19. The third-order valence-electron chi connectivity index (χ3n) is 4.58. The molecule has 0 aliphatic carbocycles. The topological polar surface area (TPSA) is 38.8 Å². The maximum atomic E-state index is 13.2. The second-order valence-electron chi connectivity index (χ2n) is 6.19. The number of halogens is 1. The maximum Gasteiger partial charge on any atom is 0.231 e. The predicted molar refractivity (Wildman–Crippen MR) is 97.6 cm³/mol. The fourth-order valence-electron chi connectivity index (χ4n) is 3.23. The predicted octanol–water partition coefficient (Wildman–Crippen LogP) is 4.26. The van der Waals surface area contributed by atoms with E-state index >= 15 is 0 Å². The molecule has 2 aromatic carbocycles. The summed E-state index contributed by atoms with van der Waals surface area (Å²) in [6, 6.07) is 11.7. The molecule has 1 heterocycles. The molecule has 0 spiro atoms. The fourth-order valence-corrected chi connectivity index (χ4v) is 3.23. The van der Waals surface area contributed by atoms with Crippen molar-refractivity contribution in [2.75, 3.05) is 14.2 Å². The van der Waals surface area contributed by atoms with Gasteiger partial charge in [-0.15, -0.1) is 0 Å². The van der Waals surface area contributed by atoms with Crippen LogP contribution in [0.5, 0.6) is 11.5 Å². The van der Waals surface area contributed by atoms with Crippen LogP contribution < -0.4 is 9.47 Å². The molecule has 1 amide bonds. The Morgan fingerprint density at radius 2 is 1.92 bits per heavy atom. The molecule has 2 aromatic rings. The summed E-state index contributed by atoms with van der Waals surface area (Å²) in [5.74, 6) is 1.01. The molecule has 0 radical (unpaired) electrons. The van der Waals surface area contributed by atoms with Crippen molar-refractivity contribution >= 4 is 5.91 Å². The first-order chi connectivity index (χ1) is 12.6. The lowest BCUT2D eigenvalue weighted by Gasteiger charge is -2.32. The van der Waals surface area contributed by atoms with Crippen LogP contribution in [0, 0.1) is 5.82 Å². The molecule has 0 saturated heterocycles. The zero-order valence-corrected chi connectivity index (χ0v) is 14.9. The SMILES string of the molecule is COc1ccc(OC)c(CC(=O)N2C=CCCC2c2ccc(F)cc2)c1. The summed E-state index contributed by atoms with van der Waals surface area (Å²) in [7, 11) is 3.17. The average molecular weight is 355 g/mol. The Morgan fingerprint density at radius 1 is 1.15 bits per heavy atom. The smallest absolute Gasteiger partial charge is 0.231 e. The molecule has 26 heavy (non-hydrogen) atoms. The Kier molecular flexibility index (Phi) is 5.56. The van der Waals surface area contributed by atoms with Gasteiger partial charge in [0.1, 0.15) is 17.3 Å². The van der Waals surface area contributed by atoms with Gasteiger partial charge in [-0.2, -0.15) is 0 Å². The van der Waals surface area contributed by atoms with Gasteiger partial charge in [-0.25, -0.2) is 4.39 Å². The third kappa shape index (κ3) is 3.87. The highest BCUT2D eigenvalue weighted by Crippen LogP contribution is 2.32. The lowest BCUT2D eigenvalue weighted by atomic mass is 9.97. The van der Waals surface area contributed by atoms with Crippen molar-refractivity contribution in [3.8, 4) is 11.5 Å². The number of amides is 1. The van der Waals surface area contributed by atoms with E-state index < -0.39 is 0 Å². The van der Waals surface area contributed by atoms with Crippen LogP contribution in [0.15, 0.2) is 54.7 Å². The highest BCUT2D eigenvalue weighted by Gasteiger charge is 2.26. The Hall–Kier alpha value is -2.82. The molecule has 1 unspecified atom stereocenters. The van der Waals surface area contributed by atoms with Crippen LogP contribution in [0.2, 0.25) is 0 Å². The summed E-state index contributed by atoms with van der Waals surface area (Å²) in [5, 5.41) is 0. The van der Waals surface area contributed by atoms with E-state index in [1.165, 1.54) is 12.1 Å². The van der Waals surface area contributed by atoms with Gasteiger partial charge in [-0.3, -0.25) is 4.79 Å². The van der Waals surface area contributed by atoms with Crippen LogP contribution in [0.4, 0.5) is 4.39 Å². The van der Waals surface area contributed by atoms with E-state index in [0.29, 0.717) is 11.5 Å². The summed E-state index contributed by atoms with van der Waals surface area (Å²) in [6.45, 7) is 0. The molecule has 4 nitrogen and oxygen atoms in total. The summed E-state index contributed by atoms with van der Waals surface area (Å²) in [6.07, 6.45) is 5.70. The van der Waals surface area contributed by atoms with E-state index in [-0.39, 0.29) is 24.2 Å². The van der Waals surface area contributed by atoms with Crippen LogP contribution in [-0.4, -0.2) is 25.0 Å². The number of benzene rings is 2. The van der Waals surface area contributed by atoms with Gasteiger partial charge in [0.25, 0.3) is 0 Å². The molecule has 0 saturated carbocycles. The van der Waals surface area contributed by atoms with E-state index in [4.69, 9.17) is 9.47 Å². The Morgan fingerprint density at radius 3 is 2.62 bits per heavy atom. The maximum absolute atomic E-state index is 13.2. The lowest BCUT2D eigenvalue weighted by molar-refractivity contribution is -0.130. The molecule has 136 valence electrons. The molecule has 3 rings (SSSR count). The molecule has 0 fully saturated rings. The largest absolute Gasteiger partial charge is 0.497 e. The summed E-state index contributed by atoms with van der Waals surface area (Å²) < 4.78 is 23.9. The van der Waals surface area contributed by atoms with Crippen LogP contribution in [-0.2, 0) is 11.2 Å². The Bertz CT molecular complexity index is 801. The molecule has 1 atom stereocenters. The van der Waals surface area contributed by atoms with Gasteiger partial charge in [-0.1, -0.05) is 18.2 Å². The quantitative estimate of drug-likeness (QED) is 0.804. The molecule has 0 N–H and O–H groups in total. The van der Waals surface area contributed by atoms with E-state index in [1.54, 1.807) is 43.4 Å². The van der Waals surface area contributed by atoms with E-state index in [2.05, 4.69) is 0 Å². The van der Waals surface area contributed by atoms with Gasteiger partial charge in [-0.05, 0) is 48.7 Å². The van der Waals surface area contributed by atoms with Crippen molar-refractivity contribution in [3.05, 3.63) is 71.7 Å². The summed E-state index contributed by atoms with van der Waals surface area (Å²) in [5.41, 5.74) is 1.70. The average Bonchev–Trinajstić information content (AvgIpc) is 2.68. The zero-order valence-electron chi connectivity index (χ0n) is 14.9. The highest BCUT2D eigenvalue weighted by molar-refractivity contribution is 5.81. The van der Waals surface area contributed by atoms with Crippen molar-refractivity contribution < 1.29 is 18.7 Å². The lowest BCUT2D eigenvalue weighted by Crippen LogP contribution is -2.33. The minimum Gasteiger partial charge on any atom is -0.497 e. The minimum absolute atomic E-state index is 0.0400. The van der Waals surface area contributed by atoms with Crippen LogP contribution in [0.3, 0.4) is 0 Å². The van der Waals surface area contributed by atoms with Crippen molar-refractivity contribution in [2.24, 2.45) is 0 Å². The first-order valence-corrected chi connectivity index (χ1v) is 8.56. The molecule has 5 heteroatoms.